The normalized spacial score (nSPS) is 10.7. The van der Waals surface area contributed by atoms with E-state index in [0.717, 1.165) is 24.4 Å². The summed E-state index contributed by atoms with van der Waals surface area (Å²) in [5, 5.41) is 0. The van der Waals surface area contributed by atoms with Gasteiger partial charge in [0.15, 0.2) is 0 Å². The molecule has 0 fully saturated rings. The molecule has 2 N–H and O–H groups in total. The first-order chi connectivity index (χ1) is 8.58. The summed E-state index contributed by atoms with van der Waals surface area (Å²) in [5.74, 6) is 0.738. The van der Waals surface area contributed by atoms with Crippen LogP contribution in [0.15, 0.2) is 18.2 Å². The molecule has 0 saturated heterocycles. The first kappa shape index (κ1) is 14.9. The smallest absolute Gasteiger partial charge is 0.129 e. The van der Waals surface area contributed by atoms with E-state index in [0.29, 0.717) is 4.99 Å². The highest BCUT2D eigenvalue weighted by Crippen LogP contribution is 2.20. The van der Waals surface area contributed by atoms with Gasteiger partial charge in [-0.1, -0.05) is 31.6 Å². The summed E-state index contributed by atoms with van der Waals surface area (Å²) in [6, 6.07) is 6.00. The number of rotatable bonds is 7. The van der Waals surface area contributed by atoms with Crippen molar-refractivity contribution in [3.8, 4) is 5.75 Å². The molecule has 1 aromatic rings. The number of nitrogens with zero attached hydrogens (tertiary/aromatic N) is 1. The Morgan fingerprint density at radius 1 is 1.44 bits per heavy atom. The van der Waals surface area contributed by atoms with Crippen LogP contribution in [0.2, 0.25) is 0 Å². The molecule has 0 aliphatic rings. The van der Waals surface area contributed by atoms with Crippen LogP contribution in [0.5, 0.6) is 5.75 Å². The fourth-order valence-electron chi connectivity index (χ4n) is 1.86. The third kappa shape index (κ3) is 4.27. The maximum Gasteiger partial charge on any atom is 0.129 e. The van der Waals surface area contributed by atoms with Crippen LogP contribution in [0, 0.1) is 0 Å². The summed E-state index contributed by atoms with van der Waals surface area (Å²) < 4.78 is 5.25. The number of ether oxygens (including phenoxy) is 1. The van der Waals surface area contributed by atoms with Gasteiger partial charge in [0, 0.05) is 6.54 Å². The first-order valence-corrected chi connectivity index (χ1v) is 6.64. The predicted molar refractivity (Wildman–Crippen MR) is 80.1 cm³/mol. The largest absolute Gasteiger partial charge is 0.496 e. The molecule has 0 spiro atoms. The van der Waals surface area contributed by atoms with Crippen molar-refractivity contribution in [1.82, 2.24) is 4.90 Å². The number of thiocarbonyl (C=S) groups is 1. The van der Waals surface area contributed by atoms with Crippen LogP contribution < -0.4 is 10.5 Å². The van der Waals surface area contributed by atoms with Crippen LogP contribution in [0.3, 0.4) is 0 Å². The molecule has 3 nitrogen and oxygen atoms in total. The quantitative estimate of drug-likeness (QED) is 0.770. The Bertz CT molecular complexity index is 407. The van der Waals surface area contributed by atoms with Crippen molar-refractivity contribution < 1.29 is 4.74 Å². The number of unbranched alkanes of at least 4 members (excludes halogenated alkanes) is 1. The monoisotopic (exact) mass is 266 g/mol. The standard InChI is InChI=1S/C14H22N2OS/c1-4-5-8-16(2)10-11-6-7-13(17-3)12(9-11)14(15)18/h6-7,9H,4-5,8,10H2,1-3H3,(H2,15,18). The Morgan fingerprint density at radius 3 is 2.72 bits per heavy atom. The fraction of sp³-hybridized carbons (Fsp3) is 0.500. The Hall–Kier alpha value is -1.13. The molecule has 0 aliphatic carbocycles. The molecule has 0 heterocycles. The summed E-state index contributed by atoms with van der Waals surface area (Å²) in [4.78, 5) is 2.68. The van der Waals surface area contributed by atoms with Gasteiger partial charge in [0.1, 0.15) is 10.7 Å². The average Bonchev–Trinajstić information content (AvgIpc) is 2.36. The molecule has 0 unspecified atom stereocenters. The van der Waals surface area contributed by atoms with Crippen LogP contribution in [0.1, 0.15) is 30.9 Å². The predicted octanol–water partition coefficient (Wildman–Crippen LogP) is 2.56. The van der Waals surface area contributed by atoms with E-state index in [4.69, 9.17) is 22.7 Å². The lowest BCUT2D eigenvalue weighted by Gasteiger charge is -2.17. The Labute approximate surface area is 115 Å². The zero-order chi connectivity index (χ0) is 13.5. The maximum absolute atomic E-state index is 5.71. The van der Waals surface area contributed by atoms with E-state index < -0.39 is 0 Å². The lowest BCUT2D eigenvalue weighted by molar-refractivity contribution is 0.320. The lowest BCUT2D eigenvalue weighted by atomic mass is 10.1. The van der Waals surface area contributed by atoms with E-state index in [1.54, 1.807) is 7.11 Å². The van der Waals surface area contributed by atoms with Crippen molar-refractivity contribution >= 4 is 17.2 Å². The molecule has 0 saturated carbocycles. The molecule has 1 rings (SSSR count). The van der Waals surface area contributed by atoms with E-state index in [1.807, 2.05) is 12.1 Å². The van der Waals surface area contributed by atoms with Crippen molar-refractivity contribution in [3.63, 3.8) is 0 Å². The van der Waals surface area contributed by atoms with Crippen LogP contribution in [0.4, 0.5) is 0 Å². The van der Waals surface area contributed by atoms with Crippen molar-refractivity contribution in [2.24, 2.45) is 5.73 Å². The maximum atomic E-state index is 5.71. The molecule has 0 aromatic heterocycles. The summed E-state index contributed by atoms with van der Waals surface area (Å²) in [6.45, 7) is 4.21. The zero-order valence-corrected chi connectivity index (χ0v) is 12.2. The van der Waals surface area contributed by atoms with Crippen molar-refractivity contribution in [2.75, 3.05) is 20.7 Å². The van der Waals surface area contributed by atoms with Gasteiger partial charge in [-0.3, -0.25) is 0 Å². The van der Waals surface area contributed by atoms with Gasteiger partial charge in [-0.2, -0.15) is 0 Å². The highest BCUT2D eigenvalue weighted by molar-refractivity contribution is 7.80. The SMILES string of the molecule is CCCCN(C)Cc1ccc(OC)c(C(N)=S)c1. The molecule has 0 atom stereocenters. The minimum Gasteiger partial charge on any atom is -0.496 e. The molecule has 0 radical (unpaired) electrons. The zero-order valence-electron chi connectivity index (χ0n) is 11.4. The number of nitrogens with two attached hydrogens (primary N) is 1. The number of benzene rings is 1. The van der Waals surface area contributed by atoms with E-state index in [2.05, 4.69) is 24.9 Å². The topological polar surface area (TPSA) is 38.5 Å². The van der Waals surface area contributed by atoms with Gasteiger partial charge < -0.3 is 15.4 Å². The molecule has 1 aromatic carbocycles. The van der Waals surface area contributed by atoms with Crippen molar-refractivity contribution in [1.29, 1.82) is 0 Å². The van der Waals surface area contributed by atoms with Crippen LogP contribution in [0.25, 0.3) is 0 Å². The van der Waals surface area contributed by atoms with Gasteiger partial charge >= 0.3 is 0 Å². The summed E-state index contributed by atoms with van der Waals surface area (Å²) >= 11 is 5.04. The van der Waals surface area contributed by atoms with Gasteiger partial charge in [-0.15, -0.1) is 0 Å². The van der Waals surface area contributed by atoms with Crippen molar-refractivity contribution in [3.05, 3.63) is 29.3 Å². The van der Waals surface area contributed by atoms with Gasteiger partial charge in [0.2, 0.25) is 0 Å². The second kappa shape index (κ2) is 7.34. The second-order valence-electron chi connectivity index (χ2n) is 4.49. The first-order valence-electron chi connectivity index (χ1n) is 6.23. The summed E-state index contributed by atoms with van der Waals surface area (Å²) in [7, 11) is 3.75. The molecule has 0 amide bonds. The third-order valence-corrected chi connectivity index (χ3v) is 3.10. The molecular formula is C14H22N2OS. The van der Waals surface area contributed by atoms with E-state index >= 15 is 0 Å². The van der Waals surface area contributed by atoms with Crippen LogP contribution >= 0.6 is 12.2 Å². The summed E-state index contributed by atoms with van der Waals surface area (Å²) in [6.07, 6.45) is 2.43. The van der Waals surface area contributed by atoms with Crippen LogP contribution in [-0.2, 0) is 6.54 Å². The Kier molecular flexibility index (Phi) is 6.09. The number of hydrogen-bond acceptors (Lipinski definition) is 3. The summed E-state index contributed by atoms with van der Waals surface area (Å²) in [5.41, 5.74) is 7.73. The van der Waals surface area contributed by atoms with Crippen molar-refractivity contribution in [2.45, 2.75) is 26.3 Å². The van der Waals surface area contributed by atoms with Gasteiger partial charge in [-0.05, 0) is 37.7 Å². The van der Waals surface area contributed by atoms with E-state index in [9.17, 15) is 0 Å². The van der Waals surface area contributed by atoms with Gasteiger partial charge in [0.25, 0.3) is 0 Å². The number of methoxy groups -OCH3 is 1. The highest BCUT2D eigenvalue weighted by Gasteiger charge is 2.08. The molecule has 4 heteroatoms. The average molecular weight is 266 g/mol. The Balaban J connectivity index is 2.78. The molecule has 18 heavy (non-hydrogen) atoms. The molecular weight excluding hydrogens is 244 g/mol. The van der Waals surface area contributed by atoms with Gasteiger partial charge in [0.05, 0.1) is 12.7 Å². The molecule has 0 bridgehead atoms. The minimum atomic E-state index is 0.380. The van der Waals surface area contributed by atoms with Crippen LogP contribution in [-0.4, -0.2) is 30.6 Å². The Morgan fingerprint density at radius 2 is 2.17 bits per heavy atom. The van der Waals surface area contributed by atoms with E-state index in [-0.39, 0.29) is 0 Å². The molecule has 100 valence electrons. The van der Waals surface area contributed by atoms with E-state index in [1.165, 1.54) is 18.4 Å². The highest BCUT2D eigenvalue weighted by atomic mass is 32.1. The lowest BCUT2D eigenvalue weighted by Crippen LogP contribution is -2.19. The fourth-order valence-corrected chi connectivity index (χ4v) is 2.02. The molecule has 0 aliphatic heterocycles. The third-order valence-electron chi connectivity index (χ3n) is 2.88. The second-order valence-corrected chi connectivity index (χ2v) is 4.93. The minimum absolute atomic E-state index is 0.380. The van der Waals surface area contributed by atoms with Gasteiger partial charge in [-0.25, -0.2) is 0 Å². The number of hydrogen-bond donors (Lipinski definition) is 1.